The molecule has 1 aliphatic heterocycles. The molecule has 0 saturated carbocycles. The molecule has 13 heteroatoms. The zero-order valence-corrected chi connectivity index (χ0v) is 13.1. The lowest BCUT2D eigenvalue weighted by atomic mass is 10.2. The van der Waals surface area contributed by atoms with E-state index in [0.717, 1.165) is 4.57 Å². The molecule has 0 aliphatic carbocycles. The molecular weight excluding hydrogens is 360 g/mol. The van der Waals surface area contributed by atoms with Gasteiger partial charge in [0.1, 0.15) is 12.3 Å². The Morgan fingerprint density at radius 1 is 1.50 bits per heavy atom. The summed E-state index contributed by atoms with van der Waals surface area (Å²) in [6.45, 7) is 0.425. The highest BCUT2D eigenvalue weighted by atomic mass is 31.2. The van der Waals surface area contributed by atoms with E-state index in [-0.39, 0.29) is 12.0 Å². The van der Waals surface area contributed by atoms with Gasteiger partial charge in [0.2, 0.25) is 0 Å². The number of nitrogens with zero attached hydrogens (tertiary/aromatic N) is 1. The topological polar surface area (TPSA) is 131 Å². The molecule has 0 amide bonds. The standard InChI is InChI=1S/C11H14F3N2O7P/c1-5-3-16(10(19)15-9(5)18)8-2-6(17)7(23-8)4-22-24(20,21)11(12,13)14/h3,6-8,17H,2,4H2,1H3,(H,20,21)(H,15,18,19)/t6-,7+,8+/m0/s1. The van der Waals surface area contributed by atoms with Crippen molar-refractivity contribution in [1.82, 2.24) is 9.55 Å². The van der Waals surface area contributed by atoms with Crippen LogP contribution in [0.3, 0.4) is 0 Å². The fourth-order valence-electron chi connectivity index (χ4n) is 2.08. The Kier molecular flexibility index (Phi) is 5.07. The number of hydrogen-bond donors (Lipinski definition) is 3. The van der Waals surface area contributed by atoms with Crippen molar-refractivity contribution in [2.45, 2.75) is 37.7 Å². The van der Waals surface area contributed by atoms with Crippen LogP contribution >= 0.6 is 7.60 Å². The van der Waals surface area contributed by atoms with E-state index in [4.69, 9.17) is 9.63 Å². The number of aliphatic hydroxyl groups is 1. The van der Waals surface area contributed by atoms with E-state index >= 15 is 0 Å². The molecule has 1 fully saturated rings. The van der Waals surface area contributed by atoms with E-state index in [9.17, 15) is 32.4 Å². The van der Waals surface area contributed by atoms with Crippen molar-refractivity contribution < 1.29 is 37.0 Å². The van der Waals surface area contributed by atoms with Crippen molar-refractivity contribution in [2.24, 2.45) is 0 Å². The molecule has 136 valence electrons. The minimum absolute atomic E-state index is 0.179. The lowest BCUT2D eigenvalue weighted by Crippen LogP contribution is -2.33. The van der Waals surface area contributed by atoms with Crippen LogP contribution in [0, 0.1) is 6.92 Å². The Hall–Kier alpha value is -1.46. The molecule has 24 heavy (non-hydrogen) atoms. The molecule has 1 aromatic rings. The quantitative estimate of drug-likeness (QED) is 0.643. The van der Waals surface area contributed by atoms with Gasteiger partial charge in [-0.1, -0.05) is 0 Å². The molecule has 0 spiro atoms. The third kappa shape index (κ3) is 3.78. The first kappa shape index (κ1) is 18.9. The second kappa shape index (κ2) is 6.45. The van der Waals surface area contributed by atoms with Crippen LogP contribution in [0.25, 0.3) is 0 Å². The van der Waals surface area contributed by atoms with Gasteiger partial charge in [0.15, 0.2) is 0 Å². The highest BCUT2D eigenvalue weighted by Crippen LogP contribution is 2.58. The van der Waals surface area contributed by atoms with Crippen molar-refractivity contribution in [3.8, 4) is 0 Å². The number of nitrogens with one attached hydrogen (secondary N) is 1. The van der Waals surface area contributed by atoms with Crippen LogP contribution in [-0.4, -0.2) is 44.3 Å². The second-order valence-corrected chi connectivity index (χ2v) is 7.00. The monoisotopic (exact) mass is 374 g/mol. The van der Waals surface area contributed by atoms with E-state index < -0.39 is 49.8 Å². The Labute approximate surface area is 132 Å². The number of alkyl halides is 3. The second-order valence-electron chi connectivity index (χ2n) is 5.19. The van der Waals surface area contributed by atoms with Crippen LogP contribution in [0.4, 0.5) is 13.2 Å². The molecule has 2 heterocycles. The number of rotatable bonds is 4. The fourth-order valence-corrected chi connectivity index (χ4v) is 2.58. The summed E-state index contributed by atoms with van der Waals surface area (Å²) in [6, 6.07) is 0. The summed E-state index contributed by atoms with van der Waals surface area (Å²) < 4.78 is 57.9. The number of aromatic nitrogens is 2. The van der Waals surface area contributed by atoms with Crippen LogP contribution in [0.1, 0.15) is 18.2 Å². The smallest absolute Gasteiger partial charge is 0.390 e. The Bertz CT molecular complexity index is 774. The van der Waals surface area contributed by atoms with Crippen LogP contribution in [-0.2, 0) is 13.8 Å². The van der Waals surface area contributed by atoms with Gasteiger partial charge in [-0.05, 0) is 6.92 Å². The number of halogens is 3. The highest BCUT2D eigenvalue weighted by Gasteiger charge is 2.53. The summed E-state index contributed by atoms with van der Waals surface area (Å²) in [4.78, 5) is 33.8. The largest absolute Gasteiger partial charge is 0.493 e. The van der Waals surface area contributed by atoms with Gasteiger partial charge in [0.05, 0.1) is 12.7 Å². The first-order valence-corrected chi connectivity index (χ1v) is 8.20. The van der Waals surface area contributed by atoms with Crippen LogP contribution < -0.4 is 11.2 Å². The summed E-state index contributed by atoms with van der Waals surface area (Å²) in [5.41, 5.74) is -1.25. The third-order valence-electron chi connectivity index (χ3n) is 3.39. The van der Waals surface area contributed by atoms with Crippen molar-refractivity contribution in [1.29, 1.82) is 0 Å². The van der Waals surface area contributed by atoms with Gasteiger partial charge in [0.25, 0.3) is 5.56 Å². The van der Waals surface area contributed by atoms with Gasteiger partial charge in [0, 0.05) is 18.2 Å². The molecule has 2 rings (SSSR count). The van der Waals surface area contributed by atoms with Gasteiger partial charge in [-0.2, -0.15) is 13.2 Å². The van der Waals surface area contributed by atoms with E-state index in [1.54, 1.807) is 0 Å². The zero-order chi connectivity index (χ0) is 18.3. The minimum atomic E-state index is -5.88. The molecule has 1 unspecified atom stereocenters. The predicted octanol–water partition coefficient (Wildman–Crippen LogP) is 0.215. The molecule has 0 aromatic carbocycles. The summed E-state index contributed by atoms with van der Waals surface area (Å²) in [5.74, 6) is -5.46. The van der Waals surface area contributed by atoms with Crippen molar-refractivity contribution in [2.75, 3.05) is 6.61 Å². The Morgan fingerprint density at radius 2 is 2.12 bits per heavy atom. The third-order valence-corrected chi connectivity index (χ3v) is 4.53. The summed E-state index contributed by atoms with van der Waals surface area (Å²) in [6.07, 6.45) is -2.75. The number of H-pyrrole nitrogens is 1. The zero-order valence-electron chi connectivity index (χ0n) is 12.2. The van der Waals surface area contributed by atoms with E-state index in [1.807, 2.05) is 4.98 Å². The molecule has 1 aromatic heterocycles. The summed E-state index contributed by atoms with van der Waals surface area (Å²) in [7, 11) is -5.88. The fraction of sp³-hybridized carbons (Fsp3) is 0.636. The average Bonchev–Trinajstić information content (AvgIpc) is 2.80. The van der Waals surface area contributed by atoms with E-state index in [0.29, 0.717) is 0 Å². The Balaban J connectivity index is 2.11. The SMILES string of the molecule is Cc1cn([C@H]2C[C@H](O)[C@@H](COP(=O)(O)C(F)(F)F)O2)c(=O)[nH]c1=O. The lowest BCUT2D eigenvalue weighted by Gasteiger charge is -2.19. The highest BCUT2D eigenvalue weighted by molar-refractivity contribution is 7.53. The maximum atomic E-state index is 12.3. The number of aliphatic hydroxyl groups excluding tert-OH is 1. The first-order chi connectivity index (χ1) is 10.9. The molecule has 9 nitrogen and oxygen atoms in total. The van der Waals surface area contributed by atoms with Crippen molar-refractivity contribution in [3.05, 3.63) is 32.6 Å². The van der Waals surface area contributed by atoms with E-state index in [2.05, 4.69) is 4.52 Å². The summed E-state index contributed by atoms with van der Waals surface area (Å²) in [5, 5.41) is 9.79. The van der Waals surface area contributed by atoms with Gasteiger partial charge in [-0.3, -0.25) is 23.4 Å². The minimum Gasteiger partial charge on any atom is -0.390 e. The number of aromatic amines is 1. The normalized spacial score (nSPS) is 27.2. The van der Waals surface area contributed by atoms with E-state index in [1.165, 1.54) is 13.1 Å². The molecule has 3 N–H and O–H groups in total. The predicted molar refractivity (Wildman–Crippen MR) is 72.4 cm³/mol. The number of hydrogen-bond acceptors (Lipinski definition) is 6. The number of aryl methyl sites for hydroxylation is 1. The average molecular weight is 374 g/mol. The lowest BCUT2D eigenvalue weighted by molar-refractivity contribution is -0.0825. The number of ether oxygens (including phenoxy) is 1. The molecule has 0 radical (unpaired) electrons. The van der Waals surface area contributed by atoms with Gasteiger partial charge < -0.3 is 14.7 Å². The Morgan fingerprint density at radius 3 is 2.71 bits per heavy atom. The van der Waals surface area contributed by atoms with Gasteiger partial charge >= 0.3 is 19.2 Å². The molecule has 1 saturated heterocycles. The maximum Gasteiger partial charge on any atom is 0.493 e. The maximum absolute atomic E-state index is 12.3. The summed E-state index contributed by atoms with van der Waals surface area (Å²) >= 11 is 0. The molecule has 1 aliphatic rings. The molecule has 0 bridgehead atoms. The molecule has 4 atom stereocenters. The van der Waals surface area contributed by atoms with Crippen LogP contribution in [0.15, 0.2) is 15.8 Å². The van der Waals surface area contributed by atoms with Gasteiger partial charge in [-0.25, -0.2) is 4.79 Å². The van der Waals surface area contributed by atoms with Crippen molar-refractivity contribution >= 4 is 7.60 Å². The molecular formula is C11H14F3N2O7P. The van der Waals surface area contributed by atoms with Gasteiger partial charge in [-0.15, -0.1) is 0 Å². The van der Waals surface area contributed by atoms with Crippen molar-refractivity contribution in [3.63, 3.8) is 0 Å². The van der Waals surface area contributed by atoms with Crippen LogP contribution in [0.2, 0.25) is 0 Å². The first-order valence-electron chi connectivity index (χ1n) is 6.62. The van der Waals surface area contributed by atoms with Crippen LogP contribution in [0.5, 0.6) is 0 Å².